The first-order valence-electron chi connectivity index (χ1n) is 9.70. The van der Waals surface area contributed by atoms with Crippen molar-refractivity contribution in [2.75, 3.05) is 6.54 Å². The molecular weight excluding hydrogens is 384 g/mol. The number of aromatic nitrogens is 3. The second kappa shape index (κ2) is 7.83. The summed E-state index contributed by atoms with van der Waals surface area (Å²) in [6.07, 6.45) is 2.55. The summed E-state index contributed by atoms with van der Waals surface area (Å²) in [7, 11) is 0. The van der Waals surface area contributed by atoms with E-state index in [9.17, 15) is 4.79 Å². The van der Waals surface area contributed by atoms with Crippen LogP contribution in [0.3, 0.4) is 0 Å². The summed E-state index contributed by atoms with van der Waals surface area (Å²) in [4.78, 5) is 19.1. The van der Waals surface area contributed by atoms with Crippen molar-refractivity contribution >= 4 is 28.3 Å². The SMILES string of the molecule is Cc1cc(-c2cc(C(=O)NCCc3cccs3)c3cnn(C(C)C)c3n2)c(C)o1. The molecule has 150 valence electrons. The third-order valence-corrected chi connectivity index (χ3v) is 5.79. The van der Waals surface area contributed by atoms with Crippen molar-refractivity contribution in [2.24, 2.45) is 0 Å². The molecule has 0 saturated carbocycles. The number of fused-ring (bicyclic) bond motifs is 1. The van der Waals surface area contributed by atoms with Crippen molar-refractivity contribution in [1.29, 1.82) is 0 Å². The van der Waals surface area contributed by atoms with Crippen LogP contribution in [-0.2, 0) is 6.42 Å². The van der Waals surface area contributed by atoms with Gasteiger partial charge in [0, 0.05) is 23.0 Å². The molecule has 0 aliphatic carbocycles. The fourth-order valence-corrected chi connectivity index (χ4v) is 4.17. The molecule has 0 aliphatic heterocycles. The van der Waals surface area contributed by atoms with Crippen LogP contribution in [0.15, 0.2) is 40.3 Å². The van der Waals surface area contributed by atoms with Gasteiger partial charge in [0.15, 0.2) is 5.65 Å². The van der Waals surface area contributed by atoms with Crippen molar-refractivity contribution in [3.05, 3.63) is 57.8 Å². The van der Waals surface area contributed by atoms with Crippen LogP contribution in [0.2, 0.25) is 0 Å². The van der Waals surface area contributed by atoms with Gasteiger partial charge in [-0.25, -0.2) is 9.67 Å². The summed E-state index contributed by atoms with van der Waals surface area (Å²) in [6.45, 7) is 8.50. The molecule has 4 rings (SSSR count). The van der Waals surface area contributed by atoms with Gasteiger partial charge >= 0.3 is 0 Å². The minimum absolute atomic E-state index is 0.114. The van der Waals surface area contributed by atoms with Gasteiger partial charge < -0.3 is 9.73 Å². The molecule has 1 amide bonds. The van der Waals surface area contributed by atoms with E-state index in [-0.39, 0.29) is 11.9 Å². The van der Waals surface area contributed by atoms with Crippen LogP contribution in [0.4, 0.5) is 0 Å². The Balaban J connectivity index is 1.73. The van der Waals surface area contributed by atoms with E-state index >= 15 is 0 Å². The maximum atomic E-state index is 13.0. The van der Waals surface area contributed by atoms with Crippen LogP contribution in [-0.4, -0.2) is 27.2 Å². The van der Waals surface area contributed by atoms with Crippen LogP contribution in [0, 0.1) is 13.8 Å². The summed E-state index contributed by atoms with van der Waals surface area (Å²) < 4.78 is 7.54. The van der Waals surface area contributed by atoms with Crippen molar-refractivity contribution < 1.29 is 9.21 Å². The first kappa shape index (κ1) is 19.4. The Morgan fingerprint density at radius 3 is 2.79 bits per heavy atom. The number of aryl methyl sites for hydroxylation is 2. The number of rotatable bonds is 6. The van der Waals surface area contributed by atoms with Gasteiger partial charge in [0.1, 0.15) is 11.5 Å². The minimum atomic E-state index is -0.114. The number of amides is 1. The average Bonchev–Trinajstić information content (AvgIpc) is 3.40. The van der Waals surface area contributed by atoms with Crippen LogP contribution >= 0.6 is 11.3 Å². The Hall–Kier alpha value is -2.93. The summed E-state index contributed by atoms with van der Waals surface area (Å²) in [5.41, 5.74) is 2.91. The van der Waals surface area contributed by atoms with Gasteiger partial charge in [0.05, 0.1) is 22.8 Å². The highest BCUT2D eigenvalue weighted by molar-refractivity contribution is 7.09. The molecule has 6 nitrogen and oxygen atoms in total. The Morgan fingerprint density at radius 1 is 1.31 bits per heavy atom. The summed E-state index contributed by atoms with van der Waals surface area (Å²) in [5.74, 6) is 1.49. The standard InChI is InChI=1S/C22H24N4O2S/c1-13(2)26-21-19(12-24-26)18(22(27)23-8-7-16-6-5-9-29-16)11-20(25-21)17-10-14(3)28-15(17)4/h5-6,9-13H,7-8H2,1-4H3,(H,23,27). The first-order valence-corrected chi connectivity index (χ1v) is 10.6. The van der Waals surface area contributed by atoms with Crippen LogP contribution in [0.25, 0.3) is 22.3 Å². The number of hydrogen-bond acceptors (Lipinski definition) is 5. The number of carbonyl (C=O) groups excluding carboxylic acids is 1. The molecule has 0 unspecified atom stereocenters. The minimum Gasteiger partial charge on any atom is -0.466 e. The van der Waals surface area contributed by atoms with E-state index < -0.39 is 0 Å². The van der Waals surface area contributed by atoms with Gasteiger partial charge in [0.25, 0.3) is 5.91 Å². The van der Waals surface area contributed by atoms with Gasteiger partial charge in [-0.3, -0.25) is 4.79 Å². The molecule has 1 N–H and O–H groups in total. The number of pyridine rings is 1. The van der Waals surface area contributed by atoms with E-state index in [0.717, 1.165) is 34.6 Å². The Morgan fingerprint density at radius 2 is 2.14 bits per heavy atom. The molecule has 0 spiro atoms. The Bertz CT molecular complexity index is 1160. The number of hydrogen-bond donors (Lipinski definition) is 1. The van der Waals surface area contributed by atoms with Crippen LogP contribution in [0.5, 0.6) is 0 Å². The number of nitrogens with zero attached hydrogens (tertiary/aromatic N) is 3. The molecule has 0 radical (unpaired) electrons. The lowest BCUT2D eigenvalue weighted by Gasteiger charge is -2.10. The maximum absolute atomic E-state index is 13.0. The van der Waals surface area contributed by atoms with Crippen molar-refractivity contribution in [3.8, 4) is 11.3 Å². The third-order valence-electron chi connectivity index (χ3n) is 4.85. The number of carbonyl (C=O) groups is 1. The van der Waals surface area contributed by atoms with Gasteiger partial charge in [-0.15, -0.1) is 11.3 Å². The zero-order valence-electron chi connectivity index (χ0n) is 17.0. The number of nitrogens with one attached hydrogen (secondary N) is 1. The molecule has 0 atom stereocenters. The fraction of sp³-hybridized carbons (Fsp3) is 0.318. The van der Waals surface area contributed by atoms with Gasteiger partial charge in [-0.2, -0.15) is 5.10 Å². The molecule has 0 aliphatic rings. The molecule has 0 aromatic carbocycles. The quantitative estimate of drug-likeness (QED) is 0.491. The van der Waals surface area contributed by atoms with E-state index in [0.29, 0.717) is 17.8 Å². The summed E-state index contributed by atoms with van der Waals surface area (Å²) in [5, 5.41) is 10.3. The predicted molar refractivity (Wildman–Crippen MR) is 115 cm³/mol. The molecule has 0 bridgehead atoms. The zero-order chi connectivity index (χ0) is 20.5. The Labute approximate surface area is 173 Å². The lowest BCUT2D eigenvalue weighted by Crippen LogP contribution is -2.26. The smallest absolute Gasteiger partial charge is 0.252 e. The van der Waals surface area contributed by atoms with Gasteiger partial charge in [-0.05, 0) is 57.7 Å². The molecule has 7 heteroatoms. The fourth-order valence-electron chi connectivity index (χ4n) is 3.46. The highest BCUT2D eigenvalue weighted by Crippen LogP contribution is 2.30. The third kappa shape index (κ3) is 3.82. The lowest BCUT2D eigenvalue weighted by molar-refractivity contribution is 0.0956. The summed E-state index contributed by atoms with van der Waals surface area (Å²) >= 11 is 1.70. The molecular formula is C22H24N4O2S. The van der Waals surface area contributed by atoms with Gasteiger partial charge in [0.2, 0.25) is 0 Å². The van der Waals surface area contributed by atoms with Crippen molar-refractivity contribution in [1.82, 2.24) is 20.1 Å². The average molecular weight is 409 g/mol. The highest BCUT2D eigenvalue weighted by Gasteiger charge is 2.20. The number of furan rings is 1. The molecule has 0 saturated heterocycles. The van der Waals surface area contributed by atoms with Crippen LogP contribution in [0.1, 0.15) is 46.6 Å². The van der Waals surface area contributed by atoms with Crippen molar-refractivity contribution in [3.63, 3.8) is 0 Å². The van der Waals surface area contributed by atoms with Crippen molar-refractivity contribution in [2.45, 2.75) is 40.2 Å². The van der Waals surface area contributed by atoms with E-state index in [4.69, 9.17) is 9.40 Å². The van der Waals surface area contributed by atoms with Gasteiger partial charge in [-0.1, -0.05) is 6.07 Å². The maximum Gasteiger partial charge on any atom is 0.252 e. The first-order chi connectivity index (χ1) is 13.9. The topological polar surface area (TPSA) is 73.0 Å². The molecule has 4 aromatic heterocycles. The monoisotopic (exact) mass is 408 g/mol. The molecule has 4 heterocycles. The molecule has 0 fully saturated rings. The van der Waals surface area contributed by atoms with E-state index in [1.165, 1.54) is 4.88 Å². The molecule has 29 heavy (non-hydrogen) atoms. The largest absolute Gasteiger partial charge is 0.466 e. The Kier molecular flexibility index (Phi) is 5.24. The molecule has 4 aromatic rings. The second-order valence-corrected chi connectivity index (χ2v) is 8.42. The van der Waals surface area contributed by atoms with Crippen LogP contribution < -0.4 is 5.32 Å². The van der Waals surface area contributed by atoms with E-state index in [1.54, 1.807) is 17.5 Å². The normalized spacial score (nSPS) is 11.5. The van der Waals surface area contributed by atoms with E-state index in [1.807, 2.05) is 42.1 Å². The highest BCUT2D eigenvalue weighted by atomic mass is 32.1. The predicted octanol–water partition coefficient (Wildman–Crippen LogP) is 4.92. The summed E-state index contributed by atoms with van der Waals surface area (Å²) in [6, 6.07) is 8.04. The zero-order valence-corrected chi connectivity index (χ0v) is 17.8. The van der Waals surface area contributed by atoms with E-state index in [2.05, 4.69) is 30.3 Å². The second-order valence-electron chi connectivity index (χ2n) is 7.39. The number of thiophene rings is 1. The lowest BCUT2D eigenvalue weighted by atomic mass is 10.1.